The van der Waals surface area contributed by atoms with Gasteiger partial charge in [-0.2, -0.15) is 15.0 Å². The van der Waals surface area contributed by atoms with Crippen molar-refractivity contribution in [1.82, 2.24) is 19.9 Å². The maximum absolute atomic E-state index is 5.31. The Bertz CT molecular complexity index is 569. The van der Waals surface area contributed by atoms with E-state index >= 15 is 0 Å². The molecule has 2 heterocycles. The van der Waals surface area contributed by atoms with Crippen LogP contribution in [0.5, 0.6) is 0 Å². The fraction of sp³-hybridized carbons (Fsp3) is 0.500. The second kappa shape index (κ2) is 6.56. The topological polar surface area (TPSA) is 80.0 Å². The molecule has 8 heteroatoms. The molecule has 0 unspecified atom stereocenters. The average Bonchev–Trinajstić information content (AvgIpc) is 2.85. The highest BCUT2D eigenvalue weighted by Crippen LogP contribution is 2.25. The molecule has 0 saturated carbocycles. The van der Waals surface area contributed by atoms with Gasteiger partial charge in [-0.1, -0.05) is 0 Å². The van der Waals surface area contributed by atoms with Gasteiger partial charge in [-0.05, 0) is 20.8 Å². The molecule has 0 spiro atoms. The van der Waals surface area contributed by atoms with Gasteiger partial charge in [-0.3, -0.25) is 0 Å². The van der Waals surface area contributed by atoms with Gasteiger partial charge >= 0.3 is 0 Å². The van der Waals surface area contributed by atoms with Gasteiger partial charge in [0.1, 0.15) is 6.26 Å². The molecule has 0 radical (unpaired) electrons. The van der Waals surface area contributed by atoms with Crippen molar-refractivity contribution in [2.24, 2.45) is 0 Å². The quantitative estimate of drug-likeness (QED) is 0.868. The summed E-state index contributed by atoms with van der Waals surface area (Å²) >= 11 is 1.28. The highest BCUT2D eigenvalue weighted by atomic mass is 32.2. The van der Waals surface area contributed by atoms with E-state index in [2.05, 4.69) is 44.0 Å². The van der Waals surface area contributed by atoms with Crippen molar-refractivity contribution < 1.29 is 4.42 Å². The van der Waals surface area contributed by atoms with Crippen molar-refractivity contribution in [2.75, 3.05) is 30.4 Å². The second-order valence-corrected chi connectivity index (χ2v) is 4.94. The van der Waals surface area contributed by atoms with E-state index in [1.54, 1.807) is 13.3 Å². The van der Waals surface area contributed by atoms with Crippen LogP contribution in [0.3, 0.4) is 0 Å². The Morgan fingerprint density at radius 2 is 1.95 bits per heavy atom. The highest BCUT2D eigenvalue weighted by molar-refractivity contribution is 7.98. The Labute approximate surface area is 122 Å². The lowest BCUT2D eigenvalue weighted by Crippen LogP contribution is -2.25. The van der Waals surface area contributed by atoms with E-state index in [-0.39, 0.29) is 0 Å². The van der Waals surface area contributed by atoms with Gasteiger partial charge in [0.05, 0.1) is 5.69 Å². The van der Waals surface area contributed by atoms with Gasteiger partial charge in [0.15, 0.2) is 0 Å². The first-order valence-corrected chi connectivity index (χ1v) is 7.26. The summed E-state index contributed by atoms with van der Waals surface area (Å²) in [4.78, 5) is 19.4. The number of rotatable bonds is 6. The maximum atomic E-state index is 5.31. The van der Waals surface area contributed by atoms with Crippen molar-refractivity contribution in [3.05, 3.63) is 12.0 Å². The minimum absolute atomic E-state index is 0.529. The Kier molecular flexibility index (Phi) is 4.78. The molecule has 0 fully saturated rings. The van der Waals surface area contributed by atoms with Crippen molar-refractivity contribution in [2.45, 2.75) is 31.2 Å². The molecule has 0 bridgehead atoms. The summed E-state index contributed by atoms with van der Waals surface area (Å²) in [7, 11) is 1.78. The normalized spacial score (nSPS) is 10.6. The van der Waals surface area contributed by atoms with E-state index in [1.807, 2.05) is 6.92 Å². The average molecular weight is 294 g/mol. The zero-order chi connectivity index (χ0) is 14.5. The van der Waals surface area contributed by atoms with Gasteiger partial charge in [-0.25, -0.2) is 4.98 Å². The predicted molar refractivity (Wildman–Crippen MR) is 78.3 cm³/mol. The smallest absolute Gasteiger partial charge is 0.263 e. The molecule has 0 amide bonds. The number of oxazole rings is 1. The number of nitrogens with one attached hydrogen (secondary N) is 1. The Balaban J connectivity index is 2.29. The monoisotopic (exact) mass is 294 g/mol. The molecule has 2 aromatic heterocycles. The molecule has 2 rings (SSSR count). The van der Waals surface area contributed by atoms with Crippen LogP contribution >= 0.6 is 11.8 Å². The van der Waals surface area contributed by atoms with Gasteiger partial charge in [-0.15, -0.1) is 0 Å². The van der Waals surface area contributed by atoms with Crippen molar-refractivity contribution in [3.63, 3.8) is 0 Å². The lowest BCUT2D eigenvalue weighted by Gasteiger charge is -2.18. The predicted octanol–water partition coefficient (Wildman–Crippen LogP) is 2.21. The largest absolute Gasteiger partial charge is 0.439 e. The van der Waals surface area contributed by atoms with Crippen LogP contribution in [0.4, 0.5) is 11.9 Å². The zero-order valence-corrected chi connectivity index (χ0v) is 12.9. The molecule has 0 saturated heterocycles. The Morgan fingerprint density at radius 1 is 1.20 bits per heavy atom. The van der Waals surface area contributed by atoms with Crippen LogP contribution in [0.15, 0.2) is 21.1 Å². The molecular weight excluding hydrogens is 276 g/mol. The lowest BCUT2D eigenvalue weighted by molar-refractivity contribution is 0.453. The molecule has 0 aromatic carbocycles. The minimum Gasteiger partial charge on any atom is -0.439 e. The van der Waals surface area contributed by atoms with Gasteiger partial charge in [0.2, 0.25) is 17.1 Å². The van der Waals surface area contributed by atoms with Crippen LogP contribution < -0.4 is 10.2 Å². The van der Waals surface area contributed by atoms with E-state index in [0.717, 1.165) is 18.8 Å². The summed E-state index contributed by atoms with van der Waals surface area (Å²) in [5.74, 6) is 1.19. The summed E-state index contributed by atoms with van der Waals surface area (Å²) in [6, 6.07) is 0. The molecule has 0 aliphatic heterocycles. The fourth-order valence-electron chi connectivity index (χ4n) is 1.61. The van der Waals surface area contributed by atoms with Gasteiger partial charge in [0, 0.05) is 31.9 Å². The summed E-state index contributed by atoms with van der Waals surface area (Å²) in [6.07, 6.45) is 1.60. The van der Waals surface area contributed by atoms with E-state index in [1.165, 1.54) is 11.8 Å². The molecule has 7 nitrogen and oxygen atoms in total. The van der Waals surface area contributed by atoms with Crippen LogP contribution in [0.2, 0.25) is 0 Å². The summed E-state index contributed by atoms with van der Waals surface area (Å²) < 4.78 is 5.31. The third-order valence-electron chi connectivity index (χ3n) is 2.65. The second-order valence-electron chi connectivity index (χ2n) is 4.02. The van der Waals surface area contributed by atoms with Crippen LogP contribution in [0.25, 0.3) is 0 Å². The maximum Gasteiger partial charge on any atom is 0.263 e. The van der Waals surface area contributed by atoms with E-state index < -0.39 is 0 Å². The zero-order valence-electron chi connectivity index (χ0n) is 12.0. The molecule has 0 aliphatic carbocycles. The minimum atomic E-state index is 0.529. The van der Waals surface area contributed by atoms with Gasteiger partial charge in [0.25, 0.3) is 5.22 Å². The highest BCUT2D eigenvalue weighted by Gasteiger charge is 2.13. The number of hydrogen-bond acceptors (Lipinski definition) is 8. The third kappa shape index (κ3) is 3.38. The standard InChI is InChI=1S/C12H18N6OS/c1-5-18(6-2)10-15-9(13-4)16-11(17-10)20-12-14-8(3)7-19-12/h7H,5-6H2,1-4H3,(H,13,15,16,17). The molecule has 0 atom stereocenters. The van der Waals surface area contributed by atoms with E-state index in [9.17, 15) is 0 Å². The summed E-state index contributed by atoms with van der Waals surface area (Å²) in [5.41, 5.74) is 0.833. The lowest BCUT2D eigenvalue weighted by atomic mass is 10.5. The molecular formula is C12H18N6OS. The first kappa shape index (κ1) is 14.6. The molecule has 2 aromatic rings. The van der Waals surface area contributed by atoms with Crippen LogP contribution in [0.1, 0.15) is 19.5 Å². The fourth-order valence-corrected chi connectivity index (χ4v) is 2.31. The Morgan fingerprint density at radius 3 is 2.50 bits per heavy atom. The van der Waals surface area contributed by atoms with E-state index in [0.29, 0.717) is 22.3 Å². The van der Waals surface area contributed by atoms with Crippen LogP contribution in [-0.2, 0) is 0 Å². The van der Waals surface area contributed by atoms with E-state index in [4.69, 9.17) is 4.42 Å². The number of anilines is 2. The van der Waals surface area contributed by atoms with Gasteiger partial charge < -0.3 is 14.6 Å². The number of hydrogen-bond donors (Lipinski definition) is 1. The van der Waals surface area contributed by atoms with Crippen molar-refractivity contribution >= 4 is 23.7 Å². The molecule has 0 aliphatic rings. The first-order valence-electron chi connectivity index (χ1n) is 6.45. The Hall–Kier alpha value is -1.83. The summed E-state index contributed by atoms with van der Waals surface area (Å²) in [6.45, 7) is 7.69. The third-order valence-corrected chi connectivity index (χ3v) is 3.38. The molecule has 1 N–H and O–H groups in total. The van der Waals surface area contributed by atoms with Crippen molar-refractivity contribution in [3.8, 4) is 0 Å². The number of aryl methyl sites for hydroxylation is 1. The summed E-state index contributed by atoms with van der Waals surface area (Å²) in [5, 5.41) is 4.04. The van der Waals surface area contributed by atoms with Crippen LogP contribution in [-0.4, -0.2) is 40.1 Å². The number of aromatic nitrogens is 4. The number of nitrogens with zero attached hydrogens (tertiary/aromatic N) is 5. The molecule has 20 heavy (non-hydrogen) atoms. The first-order chi connectivity index (χ1) is 9.66. The molecule has 108 valence electrons. The van der Waals surface area contributed by atoms with Crippen LogP contribution in [0, 0.1) is 6.92 Å². The van der Waals surface area contributed by atoms with Crippen molar-refractivity contribution in [1.29, 1.82) is 0 Å². The SMILES string of the molecule is CCN(CC)c1nc(NC)nc(Sc2nc(C)co2)n1.